The predicted molar refractivity (Wildman–Crippen MR) is 200 cm³/mol. The Morgan fingerprint density at radius 1 is 0.413 bits per heavy atom. The Hall–Kier alpha value is -5.42. The van der Waals surface area contributed by atoms with Crippen molar-refractivity contribution in [3.63, 3.8) is 0 Å². The summed E-state index contributed by atoms with van der Waals surface area (Å²) in [4.78, 5) is 2.42. The van der Waals surface area contributed by atoms with Crippen molar-refractivity contribution < 1.29 is 4.42 Å². The number of thiophene rings is 2. The molecule has 0 aliphatic rings. The van der Waals surface area contributed by atoms with Crippen LogP contribution in [-0.2, 0) is 0 Å². The van der Waals surface area contributed by atoms with Crippen LogP contribution in [0.15, 0.2) is 156 Å². The average Bonchev–Trinajstić information content (AvgIpc) is 3.80. The number of anilines is 3. The molecule has 10 aromatic rings. The van der Waals surface area contributed by atoms with E-state index in [-0.39, 0.29) is 0 Å². The van der Waals surface area contributed by atoms with E-state index in [0.29, 0.717) is 0 Å². The molecule has 2 nitrogen and oxygen atoms in total. The first kappa shape index (κ1) is 25.9. The Bertz CT molecular complexity index is 2770. The molecule has 10 rings (SSSR count). The number of para-hydroxylation sites is 2. The quantitative estimate of drug-likeness (QED) is 0.194. The van der Waals surface area contributed by atoms with E-state index in [0.717, 1.165) is 50.1 Å². The molecule has 0 aliphatic heterocycles. The molecule has 0 saturated carbocycles. The van der Waals surface area contributed by atoms with Gasteiger partial charge in [0.25, 0.3) is 0 Å². The third-order valence-electron chi connectivity index (χ3n) is 9.07. The first-order valence-corrected chi connectivity index (χ1v) is 17.1. The van der Waals surface area contributed by atoms with Crippen molar-refractivity contribution in [2.45, 2.75) is 0 Å². The summed E-state index contributed by atoms with van der Waals surface area (Å²) in [7, 11) is 0. The smallest absolute Gasteiger partial charge is 0.159 e. The van der Waals surface area contributed by atoms with Crippen molar-refractivity contribution in [1.29, 1.82) is 0 Å². The van der Waals surface area contributed by atoms with Crippen LogP contribution in [0.2, 0.25) is 0 Å². The predicted octanol–water partition coefficient (Wildman–Crippen LogP) is 13.5. The zero-order valence-electron chi connectivity index (χ0n) is 24.6. The number of fused-ring (bicyclic) bond motifs is 9. The van der Waals surface area contributed by atoms with Gasteiger partial charge in [-0.1, -0.05) is 103 Å². The maximum atomic E-state index is 6.98. The zero-order valence-corrected chi connectivity index (χ0v) is 26.2. The van der Waals surface area contributed by atoms with Gasteiger partial charge in [0.2, 0.25) is 0 Å². The minimum absolute atomic E-state index is 0.882. The maximum Gasteiger partial charge on any atom is 0.159 e. The Morgan fingerprint density at radius 2 is 1.02 bits per heavy atom. The Morgan fingerprint density at radius 3 is 1.89 bits per heavy atom. The second kappa shape index (κ2) is 10.0. The lowest BCUT2D eigenvalue weighted by atomic mass is 10.0. The molecule has 0 spiro atoms. The summed E-state index contributed by atoms with van der Waals surface area (Å²) in [6.45, 7) is 0. The third kappa shape index (κ3) is 3.81. The minimum Gasteiger partial charge on any atom is -0.453 e. The second-order valence-corrected chi connectivity index (χ2v) is 13.8. The molecule has 4 heteroatoms. The van der Waals surface area contributed by atoms with Gasteiger partial charge in [-0.3, -0.25) is 0 Å². The van der Waals surface area contributed by atoms with Crippen molar-refractivity contribution in [1.82, 2.24) is 0 Å². The molecular weight excluding hydrogens is 599 g/mol. The molecule has 7 aromatic carbocycles. The van der Waals surface area contributed by atoms with Crippen molar-refractivity contribution >= 4 is 102 Å². The van der Waals surface area contributed by atoms with E-state index in [1.807, 2.05) is 22.7 Å². The fourth-order valence-electron chi connectivity index (χ4n) is 7.03. The van der Waals surface area contributed by atoms with Gasteiger partial charge < -0.3 is 9.32 Å². The van der Waals surface area contributed by atoms with Crippen LogP contribution in [0.4, 0.5) is 17.1 Å². The highest BCUT2D eigenvalue weighted by Crippen LogP contribution is 2.49. The Labute approximate surface area is 273 Å². The molecule has 0 fully saturated rings. The van der Waals surface area contributed by atoms with Crippen LogP contribution in [0.1, 0.15) is 0 Å². The van der Waals surface area contributed by atoms with Gasteiger partial charge in [-0.2, -0.15) is 0 Å². The number of benzene rings is 7. The lowest BCUT2D eigenvalue weighted by Crippen LogP contribution is -2.10. The van der Waals surface area contributed by atoms with E-state index in [1.54, 1.807) is 0 Å². The normalized spacial score (nSPS) is 11.9. The van der Waals surface area contributed by atoms with Gasteiger partial charge in [-0.15, -0.1) is 22.7 Å². The molecule has 0 bridgehead atoms. The first-order valence-electron chi connectivity index (χ1n) is 15.4. The van der Waals surface area contributed by atoms with Crippen molar-refractivity contribution in [2.24, 2.45) is 0 Å². The van der Waals surface area contributed by atoms with E-state index < -0.39 is 0 Å². The molecule has 0 atom stereocenters. The molecule has 0 aliphatic carbocycles. The highest BCUT2D eigenvalue weighted by Gasteiger charge is 2.24. The van der Waals surface area contributed by atoms with E-state index in [2.05, 4.69) is 157 Å². The van der Waals surface area contributed by atoms with Gasteiger partial charge in [0.15, 0.2) is 5.58 Å². The highest BCUT2D eigenvalue weighted by atomic mass is 32.1. The summed E-state index contributed by atoms with van der Waals surface area (Å²) < 4.78 is 12.1. The van der Waals surface area contributed by atoms with E-state index in [1.165, 1.54) is 40.3 Å². The summed E-state index contributed by atoms with van der Waals surface area (Å²) in [5.74, 6) is 0. The number of hydrogen-bond acceptors (Lipinski definition) is 4. The Kier molecular flexibility index (Phi) is 5.65. The summed E-state index contributed by atoms with van der Waals surface area (Å²) >= 11 is 3.70. The van der Waals surface area contributed by atoms with Crippen LogP contribution in [0.3, 0.4) is 0 Å². The maximum absolute atomic E-state index is 6.98. The molecule has 46 heavy (non-hydrogen) atoms. The monoisotopic (exact) mass is 623 g/mol. The lowest BCUT2D eigenvalue weighted by molar-refractivity contribution is 0.670. The van der Waals surface area contributed by atoms with E-state index >= 15 is 0 Å². The fraction of sp³-hybridized carbons (Fsp3) is 0. The molecule has 0 N–H and O–H groups in total. The molecule has 0 saturated heterocycles. The van der Waals surface area contributed by atoms with Gasteiger partial charge in [-0.05, 0) is 54.1 Å². The lowest BCUT2D eigenvalue weighted by Gasteiger charge is -2.26. The van der Waals surface area contributed by atoms with Crippen LogP contribution in [0, 0.1) is 0 Å². The topological polar surface area (TPSA) is 16.4 Å². The standard InChI is InChI=1S/C42H25NOS2/c1-2-11-26(12-3-1)28-15-8-16-30-31-17-9-19-35(42(31)44-41(28)30)43(27-23-24-38-33(25-27)29-13-4-6-20-36(29)45-38)34-18-10-22-39-40(34)32-14-5-7-21-37(32)46-39/h1-25H. The van der Waals surface area contributed by atoms with Crippen molar-refractivity contribution in [2.75, 3.05) is 4.90 Å². The second-order valence-electron chi connectivity index (χ2n) is 11.7. The zero-order chi connectivity index (χ0) is 30.2. The van der Waals surface area contributed by atoms with Crippen molar-refractivity contribution in [3.05, 3.63) is 152 Å². The fourth-order valence-corrected chi connectivity index (χ4v) is 9.24. The number of rotatable bonds is 4. The van der Waals surface area contributed by atoms with Gasteiger partial charge in [0, 0.05) is 62.4 Å². The van der Waals surface area contributed by atoms with Gasteiger partial charge in [0.1, 0.15) is 5.58 Å². The van der Waals surface area contributed by atoms with Crippen LogP contribution in [0.5, 0.6) is 0 Å². The molecule has 216 valence electrons. The highest BCUT2D eigenvalue weighted by molar-refractivity contribution is 7.26. The molecular formula is C42H25NOS2. The van der Waals surface area contributed by atoms with Gasteiger partial charge in [0.05, 0.1) is 11.4 Å². The van der Waals surface area contributed by atoms with Gasteiger partial charge in [-0.25, -0.2) is 0 Å². The Balaban J connectivity index is 1.31. The number of nitrogens with zero attached hydrogens (tertiary/aromatic N) is 1. The summed E-state index contributed by atoms with van der Waals surface area (Å²) in [5, 5.41) is 7.33. The molecule has 0 amide bonds. The van der Waals surface area contributed by atoms with Crippen LogP contribution < -0.4 is 4.90 Å². The SMILES string of the molecule is c1ccc(-c2cccc3c2oc2c(N(c4ccc5sc6ccccc6c5c4)c4cccc5sc6ccccc6c45)cccc23)cc1. The van der Waals surface area contributed by atoms with Gasteiger partial charge >= 0.3 is 0 Å². The molecule has 3 heterocycles. The van der Waals surface area contributed by atoms with Crippen LogP contribution in [0.25, 0.3) is 73.4 Å². The minimum atomic E-state index is 0.882. The van der Waals surface area contributed by atoms with Crippen LogP contribution >= 0.6 is 22.7 Å². The summed E-state index contributed by atoms with van der Waals surface area (Å²) in [5.41, 5.74) is 7.32. The van der Waals surface area contributed by atoms with Crippen LogP contribution in [-0.4, -0.2) is 0 Å². The van der Waals surface area contributed by atoms with E-state index in [9.17, 15) is 0 Å². The third-order valence-corrected chi connectivity index (χ3v) is 11.4. The average molecular weight is 624 g/mol. The molecule has 3 aromatic heterocycles. The summed E-state index contributed by atoms with van der Waals surface area (Å²) in [6, 6.07) is 54.6. The largest absolute Gasteiger partial charge is 0.453 e. The number of furan rings is 1. The first-order chi connectivity index (χ1) is 22.8. The molecule has 0 unspecified atom stereocenters. The molecule has 0 radical (unpaired) electrons. The number of hydrogen-bond donors (Lipinski definition) is 0. The van der Waals surface area contributed by atoms with E-state index in [4.69, 9.17) is 4.42 Å². The summed E-state index contributed by atoms with van der Waals surface area (Å²) in [6.07, 6.45) is 0. The van der Waals surface area contributed by atoms with Crippen molar-refractivity contribution in [3.8, 4) is 11.1 Å².